The number of carbonyl (C=O) groups excluding carboxylic acids is 2. The lowest BCUT2D eigenvalue weighted by Crippen LogP contribution is -2.41. The van der Waals surface area contributed by atoms with Crippen molar-refractivity contribution < 1.29 is 23.8 Å². The first-order chi connectivity index (χ1) is 10.5. The summed E-state index contributed by atoms with van der Waals surface area (Å²) in [6.07, 6.45) is 1.42. The quantitative estimate of drug-likeness (QED) is 0.518. The highest BCUT2D eigenvalue weighted by atomic mass is 16.6. The molecule has 0 heterocycles. The number of rotatable bonds is 9. The van der Waals surface area contributed by atoms with Crippen molar-refractivity contribution in [2.75, 3.05) is 26.4 Å². The molecule has 0 aliphatic rings. The van der Waals surface area contributed by atoms with E-state index in [1.54, 1.807) is 0 Å². The minimum Gasteiger partial charge on any atom is -0.462 e. The second-order valence-electron chi connectivity index (χ2n) is 7.76. The molecule has 6 heteroatoms. The molecule has 0 rings (SSSR count). The van der Waals surface area contributed by atoms with E-state index in [1.165, 1.54) is 0 Å². The Labute approximate surface area is 140 Å². The lowest BCUT2D eigenvalue weighted by atomic mass is 9.93. The fourth-order valence-electron chi connectivity index (χ4n) is 1.50. The molecule has 0 fully saturated rings. The van der Waals surface area contributed by atoms with Gasteiger partial charge in [-0.25, -0.2) is 4.79 Å². The van der Waals surface area contributed by atoms with Gasteiger partial charge in [0.25, 0.3) is 0 Å². The second-order valence-corrected chi connectivity index (χ2v) is 7.76. The Morgan fingerprint density at radius 2 is 1.48 bits per heavy atom. The summed E-state index contributed by atoms with van der Waals surface area (Å²) in [6.45, 7) is 13.4. The summed E-state index contributed by atoms with van der Waals surface area (Å²) in [5.74, 6) is -0.302. The lowest BCUT2D eigenvalue weighted by Gasteiger charge is -2.19. The van der Waals surface area contributed by atoms with Crippen molar-refractivity contribution in [3.05, 3.63) is 0 Å². The summed E-state index contributed by atoms with van der Waals surface area (Å²) in [6, 6.07) is 0. The van der Waals surface area contributed by atoms with Crippen molar-refractivity contribution in [2.45, 2.75) is 66.3 Å². The molecule has 1 amide bonds. The predicted octanol–water partition coefficient (Wildman–Crippen LogP) is 3.29. The Kier molecular flexibility index (Phi) is 9.88. The van der Waals surface area contributed by atoms with Crippen LogP contribution in [0.15, 0.2) is 0 Å². The average Bonchev–Trinajstić information content (AvgIpc) is 2.35. The maximum atomic E-state index is 11.5. The van der Waals surface area contributed by atoms with Crippen LogP contribution in [0.25, 0.3) is 0 Å². The zero-order valence-corrected chi connectivity index (χ0v) is 15.5. The predicted molar refractivity (Wildman–Crippen MR) is 89.3 cm³/mol. The zero-order valence-electron chi connectivity index (χ0n) is 15.5. The molecule has 0 aliphatic carbocycles. The monoisotopic (exact) mass is 331 g/mol. The van der Waals surface area contributed by atoms with Crippen LogP contribution in [0.2, 0.25) is 0 Å². The number of nitrogens with one attached hydrogen (secondary N) is 1. The molecule has 0 radical (unpaired) electrons. The molecule has 1 N–H and O–H groups in total. The molecule has 0 unspecified atom stereocenters. The highest BCUT2D eigenvalue weighted by Gasteiger charge is 2.14. The number of amides is 1. The van der Waals surface area contributed by atoms with Crippen LogP contribution in [0.4, 0.5) is 4.79 Å². The van der Waals surface area contributed by atoms with E-state index < -0.39 is 6.09 Å². The Morgan fingerprint density at radius 1 is 0.870 bits per heavy atom. The van der Waals surface area contributed by atoms with Crippen LogP contribution in [0.5, 0.6) is 0 Å². The molecule has 0 saturated heterocycles. The highest BCUT2D eigenvalue weighted by molar-refractivity contribution is 5.69. The van der Waals surface area contributed by atoms with E-state index in [2.05, 4.69) is 26.1 Å². The first-order valence-electron chi connectivity index (χ1n) is 8.18. The van der Waals surface area contributed by atoms with Gasteiger partial charge in [0.1, 0.15) is 13.2 Å². The fourth-order valence-corrected chi connectivity index (χ4v) is 1.50. The van der Waals surface area contributed by atoms with Crippen LogP contribution < -0.4 is 5.32 Å². The third kappa shape index (κ3) is 16.9. The molecule has 0 aromatic heterocycles. The van der Waals surface area contributed by atoms with Gasteiger partial charge >= 0.3 is 12.1 Å². The van der Waals surface area contributed by atoms with Crippen LogP contribution >= 0.6 is 0 Å². The maximum absolute atomic E-state index is 11.5. The molecule has 0 aromatic rings. The number of hydrogen-bond donors (Lipinski definition) is 1. The Bertz CT molecular complexity index is 355. The Hall–Kier alpha value is -1.30. The smallest absolute Gasteiger partial charge is 0.407 e. The van der Waals surface area contributed by atoms with Crippen LogP contribution in [0.3, 0.4) is 0 Å². The van der Waals surface area contributed by atoms with Crippen LogP contribution in [-0.4, -0.2) is 44.0 Å². The van der Waals surface area contributed by atoms with Gasteiger partial charge in [0.15, 0.2) is 0 Å². The van der Waals surface area contributed by atoms with E-state index in [4.69, 9.17) is 14.2 Å². The first-order valence-corrected chi connectivity index (χ1v) is 8.18. The van der Waals surface area contributed by atoms with Gasteiger partial charge in [-0.1, -0.05) is 20.8 Å². The standard InChI is InChI=1S/C17H33NO5/c1-16(2,3)9-11-21-10-7-8-14(19)22-12-13-23-15(20)18-17(4,5)6/h7-13H2,1-6H3,(H,18,20). The van der Waals surface area contributed by atoms with Gasteiger partial charge in [0.2, 0.25) is 0 Å². The molecular formula is C17H33NO5. The van der Waals surface area contributed by atoms with Gasteiger partial charge in [-0.15, -0.1) is 0 Å². The van der Waals surface area contributed by atoms with Gasteiger partial charge in [-0.05, 0) is 39.0 Å². The Balaban J connectivity index is 3.49. The minimum atomic E-state index is -0.513. The maximum Gasteiger partial charge on any atom is 0.407 e. The molecule has 136 valence electrons. The van der Waals surface area contributed by atoms with Gasteiger partial charge in [0.05, 0.1) is 0 Å². The summed E-state index contributed by atoms with van der Waals surface area (Å²) >= 11 is 0. The number of esters is 1. The molecule has 0 saturated carbocycles. The van der Waals surface area contributed by atoms with Crippen LogP contribution in [0, 0.1) is 5.41 Å². The van der Waals surface area contributed by atoms with Crippen LogP contribution in [-0.2, 0) is 19.0 Å². The molecule has 0 atom stereocenters. The molecule has 0 aromatic carbocycles. The number of ether oxygens (including phenoxy) is 3. The van der Waals surface area contributed by atoms with E-state index in [0.29, 0.717) is 26.1 Å². The van der Waals surface area contributed by atoms with Gasteiger partial charge in [-0.2, -0.15) is 0 Å². The van der Waals surface area contributed by atoms with Gasteiger partial charge < -0.3 is 19.5 Å². The number of hydrogen-bond acceptors (Lipinski definition) is 5. The molecule has 0 spiro atoms. The van der Waals surface area contributed by atoms with E-state index in [1.807, 2.05) is 20.8 Å². The summed E-state index contributed by atoms with van der Waals surface area (Å²) in [7, 11) is 0. The highest BCUT2D eigenvalue weighted by Crippen LogP contribution is 2.17. The third-order valence-corrected chi connectivity index (χ3v) is 2.72. The van der Waals surface area contributed by atoms with Crippen molar-refractivity contribution >= 4 is 12.1 Å². The second kappa shape index (κ2) is 10.5. The lowest BCUT2D eigenvalue weighted by molar-refractivity contribution is -0.145. The van der Waals surface area contributed by atoms with Gasteiger partial charge in [0, 0.05) is 25.2 Å². The van der Waals surface area contributed by atoms with Crippen molar-refractivity contribution in [1.29, 1.82) is 0 Å². The topological polar surface area (TPSA) is 73.9 Å². The first kappa shape index (κ1) is 21.7. The largest absolute Gasteiger partial charge is 0.462 e. The van der Waals surface area contributed by atoms with E-state index in [9.17, 15) is 9.59 Å². The number of carbonyl (C=O) groups is 2. The third-order valence-electron chi connectivity index (χ3n) is 2.72. The average molecular weight is 331 g/mol. The van der Waals surface area contributed by atoms with Crippen molar-refractivity contribution in [1.82, 2.24) is 5.32 Å². The Morgan fingerprint density at radius 3 is 2.04 bits per heavy atom. The molecule has 0 bridgehead atoms. The van der Waals surface area contributed by atoms with Gasteiger partial charge in [-0.3, -0.25) is 4.79 Å². The molecule has 23 heavy (non-hydrogen) atoms. The summed E-state index contributed by atoms with van der Waals surface area (Å²) in [5, 5.41) is 2.65. The summed E-state index contributed by atoms with van der Waals surface area (Å²) < 4.78 is 15.4. The molecule has 6 nitrogen and oxygen atoms in total. The summed E-state index contributed by atoms with van der Waals surface area (Å²) in [4.78, 5) is 22.8. The molecule has 0 aliphatic heterocycles. The van der Waals surface area contributed by atoms with E-state index in [0.717, 1.165) is 6.42 Å². The normalized spacial score (nSPS) is 11.9. The van der Waals surface area contributed by atoms with Crippen molar-refractivity contribution in [2.24, 2.45) is 5.41 Å². The minimum absolute atomic E-state index is 0.0513. The zero-order chi connectivity index (χ0) is 17.9. The number of alkyl carbamates (subject to hydrolysis) is 1. The fraction of sp³-hybridized carbons (Fsp3) is 0.882. The molecular weight excluding hydrogens is 298 g/mol. The SMILES string of the molecule is CC(C)(C)CCOCCCC(=O)OCCOC(=O)NC(C)(C)C. The van der Waals surface area contributed by atoms with Crippen LogP contribution in [0.1, 0.15) is 60.8 Å². The van der Waals surface area contributed by atoms with E-state index in [-0.39, 0.29) is 30.1 Å². The van der Waals surface area contributed by atoms with Crippen molar-refractivity contribution in [3.8, 4) is 0 Å². The van der Waals surface area contributed by atoms with E-state index >= 15 is 0 Å². The summed E-state index contributed by atoms with van der Waals surface area (Å²) in [5.41, 5.74) is -0.0844. The van der Waals surface area contributed by atoms with Crippen molar-refractivity contribution in [3.63, 3.8) is 0 Å².